The summed E-state index contributed by atoms with van der Waals surface area (Å²) in [6, 6.07) is 9.29. The van der Waals surface area contributed by atoms with E-state index < -0.39 is 0 Å². The third-order valence-electron chi connectivity index (χ3n) is 4.01. The molecule has 0 aliphatic carbocycles. The lowest BCUT2D eigenvalue weighted by Crippen LogP contribution is -2.45. The maximum absolute atomic E-state index is 12.7. The number of nitrogens with one attached hydrogen (secondary N) is 1. The SMILES string of the molecule is Cc1nc([C@H]2COCCN2C(=O)Nc2ncc(-c3ccccc3)s2)no1. The zero-order chi connectivity index (χ0) is 17.9. The number of rotatable bonds is 3. The molecule has 9 heteroatoms. The molecule has 2 amide bonds. The number of thiazole rings is 1. The molecule has 1 saturated heterocycles. The minimum atomic E-state index is -0.380. The van der Waals surface area contributed by atoms with Crippen LogP contribution < -0.4 is 5.32 Å². The fourth-order valence-electron chi connectivity index (χ4n) is 2.74. The van der Waals surface area contributed by atoms with Crippen LogP contribution in [0.15, 0.2) is 41.1 Å². The van der Waals surface area contributed by atoms with Gasteiger partial charge in [0.2, 0.25) is 5.89 Å². The summed E-state index contributed by atoms with van der Waals surface area (Å²) in [5.74, 6) is 0.903. The first kappa shape index (κ1) is 16.7. The van der Waals surface area contributed by atoms with E-state index in [1.165, 1.54) is 11.3 Å². The summed E-state index contributed by atoms with van der Waals surface area (Å²) in [6.45, 7) is 2.96. The third kappa shape index (κ3) is 3.44. The molecule has 0 bridgehead atoms. The number of ether oxygens (including phenoxy) is 1. The first-order valence-corrected chi connectivity index (χ1v) is 8.99. The first-order chi connectivity index (χ1) is 12.7. The van der Waals surface area contributed by atoms with Crippen molar-refractivity contribution in [2.45, 2.75) is 13.0 Å². The van der Waals surface area contributed by atoms with Gasteiger partial charge in [0.25, 0.3) is 0 Å². The van der Waals surface area contributed by atoms with Gasteiger partial charge in [-0.2, -0.15) is 4.98 Å². The molecule has 3 aromatic rings. The van der Waals surface area contributed by atoms with Crippen LogP contribution in [-0.2, 0) is 4.74 Å². The Balaban J connectivity index is 1.49. The van der Waals surface area contributed by atoms with Crippen molar-refractivity contribution in [3.8, 4) is 10.4 Å². The predicted molar refractivity (Wildman–Crippen MR) is 95.9 cm³/mol. The van der Waals surface area contributed by atoms with Gasteiger partial charge < -0.3 is 14.2 Å². The highest BCUT2D eigenvalue weighted by molar-refractivity contribution is 7.19. The number of carbonyl (C=O) groups excluding carboxylic acids is 1. The van der Waals surface area contributed by atoms with Crippen molar-refractivity contribution >= 4 is 22.5 Å². The Morgan fingerprint density at radius 2 is 2.19 bits per heavy atom. The Labute approximate surface area is 153 Å². The molecule has 8 nitrogen and oxygen atoms in total. The van der Waals surface area contributed by atoms with E-state index in [2.05, 4.69) is 20.4 Å². The van der Waals surface area contributed by atoms with Gasteiger partial charge in [0, 0.05) is 19.7 Å². The van der Waals surface area contributed by atoms with Crippen LogP contribution in [0, 0.1) is 6.92 Å². The number of morpholine rings is 1. The number of urea groups is 1. The van der Waals surface area contributed by atoms with Gasteiger partial charge in [0.1, 0.15) is 6.04 Å². The molecule has 3 heterocycles. The molecule has 1 aliphatic heterocycles. The number of hydrogen-bond acceptors (Lipinski definition) is 7. The van der Waals surface area contributed by atoms with Gasteiger partial charge in [-0.05, 0) is 5.56 Å². The highest BCUT2D eigenvalue weighted by atomic mass is 32.1. The number of benzene rings is 1. The van der Waals surface area contributed by atoms with E-state index >= 15 is 0 Å². The van der Waals surface area contributed by atoms with Crippen LogP contribution in [-0.4, -0.2) is 45.8 Å². The molecule has 1 atom stereocenters. The lowest BCUT2D eigenvalue weighted by atomic mass is 10.2. The zero-order valence-electron chi connectivity index (χ0n) is 14.1. The van der Waals surface area contributed by atoms with Gasteiger partial charge in [-0.15, -0.1) is 0 Å². The van der Waals surface area contributed by atoms with Crippen LogP contribution >= 0.6 is 11.3 Å². The fraction of sp³-hybridized carbons (Fsp3) is 0.294. The van der Waals surface area contributed by atoms with Crippen molar-refractivity contribution < 1.29 is 14.1 Å². The minimum absolute atomic E-state index is 0.255. The normalized spacial score (nSPS) is 17.3. The molecule has 1 aliphatic rings. The molecule has 0 radical (unpaired) electrons. The van der Waals surface area contributed by atoms with Crippen LogP contribution in [0.1, 0.15) is 17.8 Å². The summed E-state index contributed by atoms with van der Waals surface area (Å²) in [5.41, 5.74) is 1.07. The van der Waals surface area contributed by atoms with Crippen LogP contribution in [0.4, 0.5) is 9.93 Å². The number of hydrogen-bond donors (Lipinski definition) is 1. The number of amides is 2. The number of aryl methyl sites for hydroxylation is 1. The van der Waals surface area contributed by atoms with Gasteiger partial charge >= 0.3 is 6.03 Å². The summed E-state index contributed by atoms with van der Waals surface area (Å²) in [6.07, 6.45) is 1.76. The maximum Gasteiger partial charge on any atom is 0.324 e. The average molecular weight is 371 g/mol. The van der Waals surface area contributed by atoms with Gasteiger partial charge in [-0.1, -0.05) is 46.8 Å². The molecule has 0 unspecified atom stereocenters. The topological polar surface area (TPSA) is 93.4 Å². The Hall–Kier alpha value is -2.78. The lowest BCUT2D eigenvalue weighted by molar-refractivity contribution is 0.0110. The maximum atomic E-state index is 12.7. The molecule has 1 fully saturated rings. The Kier molecular flexibility index (Phi) is 4.63. The zero-order valence-corrected chi connectivity index (χ0v) is 14.9. The van der Waals surface area contributed by atoms with Crippen molar-refractivity contribution in [1.82, 2.24) is 20.0 Å². The largest absolute Gasteiger partial charge is 0.377 e. The average Bonchev–Trinajstić information content (AvgIpc) is 3.31. The summed E-state index contributed by atoms with van der Waals surface area (Å²) in [5, 5.41) is 7.33. The van der Waals surface area contributed by atoms with Crippen LogP contribution in [0.5, 0.6) is 0 Å². The molecular weight excluding hydrogens is 354 g/mol. The number of nitrogens with zero attached hydrogens (tertiary/aromatic N) is 4. The number of carbonyl (C=O) groups is 1. The van der Waals surface area contributed by atoms with Crippen molar-refractivity contribution in [2.75, 3.05) is 25.1 Å². The Morgan fingerprint density at radius 3 is 2.96 bits per heavy atom. The summed E-state index contributed by atoms with van der Waals surface area (Å²) in [7, 11) is 0. The third-order valence-corrected chi connectivity index (χ3v) is 4.97. The lowest BCUT2D eigenvalue weighted by Gasteiger charge is -2.33. The molecule has 26 heavy (non-hydrogen) atoms. The van der Waals surface area contributed by atoms with E-state index in [4.69, 9.17) is 9.26 Å². The van der Waals surface area contributed by atoms with E-state index in [1.807, 2.05) is 30.3 Å². The van der Waals surface area contributed by atoms with E-state index in [0.717, 1.165) is 10.4 Å². The smallest absolute Gasteiger partial charge is 0.324 e. The molecule has 1 aromatic carbocycles. The Bertz CT molecular complexity index is 895. The molecular formula is C17H17N5O3S. The standard InChI is InChI=1S/C17H17N5O3S/c1-11-19-15(21-25-11)13-10-24-8-7-22(13)17(23)20-16-18-9-14(26-16)12-5-3-2-4-6-12/h2-6,9,13H,7-8,10H2,1H3,(H,18,20,23)/t13-/m1/s1. The van der Waals surface area contributed by atoms with Crippen molar-refractivity contribution in [2.24, 2.45) is 0 Å². The second-order valence-corrected chi connectivity index (χ2v) is 6.81. The highest BCUT2D eigenvalue weighted by Crippen LogP contribution is 2.29. The molecule has 0 spiro atoms. The molecule has 1 N–H and O–H groups in total. The van der Waals surface area contributed by atoms with E-state index in [1.54, 1.807) is 18.0 Å². The van der Waals surface area contributed by atoms with Gasteiger partial charge in [0.15, 0.2) is 11.0 Å². The first-order valence-electron chi connectivity index (χ1n) is 8.17. The summed E-state index contributed by atoms with van der Waals surface area (Å²) < 4.78 is 10.5. The summed E-state index contributed by atoms with van der Waals surface area (Å²) in [4.78, 5) is 23.9. The van der Waals surface area contributed by atoms with Crippen LogP contribution in [0.25, 0.3) is 10.4 Å². The second-order valence-electron chi connectivity index (χ2n) is 5.78. The highest BCUT2D eigenvalue weighted by Gasteiger charge is 2.32. The van der Waals surface area contributed by atoms with E-state index in [9.17, 15) is 4.79 Å². The quantitative estimate of drug-likeness (QED) is 0.760. The van der Waals surface area contributed by atoms with E-state index in [0.29, 0.717) is 36.6 Å². The van der Waals surface area contributed by atoms with Crippen molar-refractivity contribution in [3.63, 3.8) is 0 Å². The molecule has 2 aromatic heterocycles. The van der Waals surface area contributed by atoms with Crippen LogP contribution in [0.3, 0.4) is 0 Å². The monoisotopic (exact) mass is 371 g/mol. The minimum Gasteiger partial charge on any atom is -0.377 e. The van der Waals surface area contributed by atoms with Gasteiger partial charge in [-0.25, -0.2) is 9.78 Å². The molecule has 4 rings (SSSR count). The second kappa shape index (κ2) is 7.22. The van der Waals surface area contributed by atoms with Crippen LogP contribution in [0.2, 0.25) is 0 Å². The van der Waals surface area contributed by atoms with Crippen molar-refractivity contribution in [3.05, 3.63) is 48.2 Å². The van der Waals surface area contributed by atoms with Crippen molar-refractivity contribution in [1.29, 1.82) is 0 Å². The fourth-order valence-corrected chi connectivity index (χ4v) is 3.55. The van der Waals surface area contributed by atoms with Gasteiger partial charge in [-0.3, -0.25) is 5.32 Å². The number of anilines is 1. The van der Waals surface area contributed by atoms with E-state index in [-0.39, 0.29) is 12.1 Å². The number of aromatic nitrogens is 3. The van der Waals surface area contributed by atoms with Gasteiger partial charge in [0.05, 0.1) is 18.1 Å². The predicted octanol–water partition coefficient (Wildman–Crippen LogP) is 3.11. The molecule has 134 valence electrons. The molecule has 0 saturated carbocycles. The summed E-state index contributed by atoms with van der Waals surface area (Å²) >= 11 is 1.43. The Morgan fingerprint density at radius 1 is 1.35 bits per heavy atom.